The zero-order valence-electron chi connectivity index (χ0n) is 11.2. The van der Waals surface area contributed by atoms with Crippen LogP contribution in [0, 0.1) is 5.92 Å². The molecule has 1 fully saturated rings. The standard InChI is InChI=1S/C13H21BrN4O/c1-2-9-3-5-13(19,6-4-9)8-16-12-17-10(14)7-11(15)18-12/h7,9,19H,2-6,8H2,1H3,(H3,15,16,17,18). The zero-order chi connectivity index (χ0) is 13.9. The lowest BCUT2D eigenvalue weighted by molar-refractivity contribution is 0.00216. The first-order chi connectivity index (χ1) is 9.00. The van der Waals surface area contributed by atoms with Crippen molar-refractivity contribution < 1.29 is 5.11 Å². The van der Waals surface area contributed by atoms with Crippen LogP contribution in [0.15, 0.2) is 10.7 Å². The van der Waals surface area contributed by atoms with Crippen LogP contribution >= 0.6 is 15.9 Å². The molecule has 1 aliphatic rings. The topological polar surface area (TPSA) is 84.1 Å². The Kier molecular flexibility index (Phi) is 4.62. The van der Waals surface area contributed by atoms with Crippen molar-refractivity contribution >= 4 is 27.7 Å². The van der Waals surface area contributed by atoms with Crippen LogP contribution in [0.25, 0.3) is 0 Å². The van der Waals surface area contributed by atoms with Crippen LogP contribution in [0.2, 0.25) is 0 Å². The SMILES string of the molecule is CCC1CCC(O)(CNc2nc(N)cc(Br)n2)CC1. The molecule has 0 saturated heterocycles. The Hall–Kier alpha value is -0.880. The number of halogens is 1. The molecular weight excluding hydrogens is 308 g/mol. The highest BCUT2D eigenvalue weighted by Crippen LogP contribution is 2.33. The summed E-state index contributed by atoms with van der Waals surface area (Å²) in [5, 5.41) is 13.6. The van der Waals surface area contributed by atoms with Gasteiger partial charge in [0.2, 0.25) is 5.95 Å². The molecule has 1 aromatic rings. The van der Waals surface area contributed by atoms with Crippen molar-refractivity contribution in [2.75, 3.05) is 17.6 Å². The summed E-state index contributed by atoms with van der Waals surface area (Å²) in [4.78, 5) is 8.28. The van der Waals surface area contributed by atoms with E-state index in [0.717, 1.165) is 31.6 Å². The number of nitrogens with one attached hydrogen (secondary N) is 1. The quantitative estimate of drug-likeness (QED) is 0.740. The maximum atomic E-state index is 10.5. The molecule has 1 heterocycles. The van der Waals surface area contributed by atoms with Gasteiger partial charge in [-0.15, -0.1) is 0 Å². The first-order valence-corrected chi connectivity index (χ1v) is 7.56. The van der Waals surface area contributed by atoms with Crippen LogP contribution in [0.3, 0.4) is 0 Å². The number of nitrogens with zero attached hydrogens (tertiary/aromatic N) is 2. The second kappa shape index (κ2) is 6.05. The lowest BCUT2D eigenvalue weighted by Gasteiger charge is -2.35. The predicted octanol–water partition coefficient (Wildman–Crippen LogP) is 2.56. The van der Waals surface area contributed by atoms with Crippen LogP contribution in [0.5, 0.6) is 0 Å². The average molecular weight is 329 g/mol. The Bertz CT molecular complexity index is 412. The van der Waals surface area contributed by atoms with Gasteiger partial charge in [0.05, 0.1) is 5.60 Å². The molecule has 0 aromatic carbocycles. The number of aliphatic hydroxyl groups is 1. The van der Waals surface area contributed by atoms with Gasteiger partial charge in [0.25, 0.3) is 0 Å². The summed E-state index contributed by atoms with van der Waals surface area (Å²) < 4.78 is 0.643. The third kappa shape index (κ3) is 4.04. The average Bonchev–Trinajstić information content (AvgIpc) is 2.37. The molecule has 5 nitrogen and oxygen atoms in total. The van der Waals surface area contributed by atoms with Gasteiger partial charge in [0, 0.05) is 12.6 Å². The van der Waals surface area contributed by atoms with Gasteiger partial charge in [-0.1, -0.05) is 13.3 Å². The molecule has 1 aliphatic carbocycles. The van der Waals surface area contributed by atoms with Crippen molar-refractivity contribution in [1.82, 2.24) is 9.97 Å². The molecule has 19 heavy (non-hydrogen) atoms. The van der Waals surface area contributed by atoms with Crippen LogP contribution in [-0.4, -0.2) is 27.2 Å². The van der Waals surface area contributed by atoms with Crippen LogP contribution in [0.1, 0.15) is 39.0 Å². The van der Waals surface area contributed by atoms with E-state index in [0.29, 0.717) is 22.9 Å². The molecule has 0 amide bonds. The number of nitrogen functional groups attached to an aromatic ring is 1. The van der Waals surface area contributed by atoms with E-state index in [9.17, 15) is 5.11 Å². The third-order valence-corrected chi connectivity index (χ3v) is 4.31. The van der Waals surface area contributed by atoms with Gasteiger partial charge < -0.3 is 16.2 Å². The van der Waals surface area contributed by atoms with Crippen molar-refractivity contribution in [1.29, 1.82) is 0 Å². The lowest BCUT2D eigenvalue weighted by Crippen LogP contribution is -2.40. The Labute approximate surface area is 122 Å². The summed E-state index contributed by atoms with van der Waals surface area (Å²) in [7, 11) is 0. The van der Waals surface area contributed by atoms with Crippen LogP contribution in [0.4, 0.5) is 11.8 Å². The summed E-state index contributed by atoms with van der Waals surface area (Å²) >= 11 is 3.28. The Morgan fingerprint density at radius 1 is 1.47 bits per heavy atom. The highest BCUT2D eigenvalue weighted by molar-refractivity contribution is 9.10. The van der Waals surface area contributed by atoms with E-state index in [1.165, 1.54) is 6.42 Å². The molecule has 0 atom stereocenters. The minimum absolute atomic E-state index is 0.408. The summed E-state index contributed by atoms with van der Waals surface area (Å²) in [6.07, 6.45) is 5.06. The molecule has 0 radical (unpaired) electrons. The lowest BCUT2D eigenvalue weighted by atomic mass is 9.78. The van der Waals surface area contributed by atoms with E-state index >= 15 is 0 Å². The van der Waals surface area contributed by atoms with Crippen LogP contribution < -0.4 is 11.1 Å². The minimum atomic E-state index is -0.647. The third-order valence-electron chi connectivity index (χ3n) is 3.90. The van der Waals surface area contributed by atoms with Gasteiger partial charge in [-0.2, -0.15) is 4.98 Å². The summed E-state index contributed by atoms with van der Waals surface area (Å²) in [5.41, 5.74) is 5.01. The number of hydrogen-bond acceptors (Lipinski definition) is 5. The maximum Gasteiger partial charge on any atom is 0.225 e. The van der Waals surface area contributed by atoms with Gasteiger partial charge >= 0.3 is 0 Å². The molecule has 0 spiro atoms. The highest BCUT2D eigenvalue weighted by atomic mass is 79.9. The van der Waals surface area contributed by atoms with E-state index in [1.807, 2.05) is 0 Å². The Morgan fingerprint density at radius 2 is 2.16 bits per heavy atom. The van der Waals surface area contributed by atoms with Gasteiger partial charge in [0.1, 0.15) is 10.4 Å². The smallest absolute Gasteiger partial charge is 0.225 e. The monoisotopic (exact) mass is 328 g/mol. The molecule has 0 bridgehead atoms. The molecule has 1 aromatic heterocycles. The van der Waals surface area contributed by atoms with E-state index in [1.54, 1.807) is 6.07 Å². The van der Waals surface area contributed by atoms with Crippen molar-refractivity contribution in [3.63, 3.8) is 0 Å². The number of nitrogens with two attached hydrogens (primary N) is 1. The molecule has 1 saturated carbocycles. The zero-order valence-corrected chi connectivity index (χ0v) is 12.8. The van der Waals surface area contributed by atoms with Gasteiger partial charge in [-0.25, -0.2) is 4.98 Å². The molecule has 4 N–H and O–H groups in total. The molecule has 0 aliphatic heterocycles. The number of aromatic nitrogens is 2. The molecule has 0 unspecified atom stereocenters. The van der Waals surface area contributed by atoms with Crippen molar-refractivity contribution in [3.8, 4) is 0 Å². The first-order valence-electron chi connectivity index (χ1n) is 6.77. The number of hydrogen-bond donors (Lipinski definition) is 3. The molecule has 2 rings (SSSR count). The minimum Gasteiger partial charge on any atom is -0.388 e. The Balaban J connectivity index is 1.91. The van der Waals surface area contributed by atoms with Crippen molar-refractivity contribution in [3.05, 3.63) is 10.7 Å². The van der Waals surface area contributed by atoms with Crippen molar-refractivity contribution in [2.24, 2.45) is 5.92 Å². The summed E-state index contributed by atoms with van der Waals surface area (Å²) in [5.74, 6) is 1.63. The fourth-order valence-corrected chi connectivity index (χ4v) is 2.96. The van der Waals surface area contributed by atoms with Crippen LogP contribution in [-0.2, 0) is 0 Å². The fourth-order valence-electron chi connectivity index (χ4n) is 2.56. The van der Waals surface area contributed by atoms with E-state index in [-0.39, 0.29) is 0 Å². The van der Waals surface area contributed by atoms with Gasteiger partial charge in [-0.05, 0) is 47.5 Å². The molecule has 6 heteroatoms. The van der Waals surface area contributed by atoms with E-state index in [4.69, 9.17) is 5.73 Å². The molecule has 106 valence electrons. The van der Waals surface area contributed by atoms with Gasteiger partial charge in [0.15, 0.2) is 0 Å². The van der Waals surface area contributed by atoms with E-state index < -0.39 is 5.60 Å². The van der Waals surface area contributed by atoms with Crippen molar-refractivity contribution in [2.45, 2.75) is 44.6 Å². The second-order valence-electron chi connectivity index (χ2n) is 5.37. The predicted molar refractivity (Wildman–Crippen MR) is 79.8 cm³/mol. The normalized spacial score (nSPS) is 27.2. The highest BCUT2D eigenvalue weighted by Gasteiger charge is 2.32. The molecular formula is C13H21BrN4O. The Morgan fingerprint density at radius 3 is 2.74 bits per heavy atom. The first kappa shape index (κ1) is 14.5. The fraction of sp³-hybridized carbons (Fsp3) is 0.692. The second-order valence-corrected chi connectivity index (χ2v) is 6.18. The maximum absolute atomic E-state index is 10.5. The van der Waals surface area contributed by atoms with E-state index in [2.05, 4.69) is 38.1 Å². The van der Waals surface area contributed by atoms with Gasteiger partial charge in [-0.3, -0.25) is 0 Å². The summed E-state index contributed by atoms with van der Waals surface area (Å²) in [6.45, 7) is 2.69. The number of anilines is 2. The number of rotatable bonds is 4. The summed E-state index contributed by atoms with van der Waals surface area (Å²) in [6, 6.07) is 1.65. The largest absolute Gasteiger partial charge is 0.388 e.